The molecule has 10 heavy (non-hydrogen) atoms. The normalized spacial score (nSPS) is 13.5. The van der Waals surface area contributed by atoms with Crippen molar-refractivity contribution in [3.05, 3.63) is 17.8 Å². The van der Waals surface area contributed by atoms with Crippen LogP contribution < -0.4 is 0 Å². The van der Waals surface area contributed by atoms with Crippen LogP contribution in [0.15, 0.2) is 10.6 Å². The van der Waals surface area contributed by atoms with Gasteiger partial charge in [0, 0.05) is 0 Å². The predicted octanol–water partition coefficient (Wildman–Crippen LogP) is 2.87. The van der Waals surface area contributed by atoms with Crippen molar-refractivity contribution in [2.24, 2.45) is 0 Å². The summed E-state index contributed by atoms with van der Waals surface area (Å²) in [5.74, 6) is 1.39. The first-order chi connectivity index (χ1) is 4.74. The van der Waals surface area contributed by atoms with Crippen LogP contribution in [0.4, 0.5) is 0 Å². The van der Waals surface area contributed by atoms with Crippen LogP contribution in [-0.2, 0) is 5.33 Å². The van der Waals surface area contributed by atoms with Crippen molar-refractivity contribution in [1.29, 1.82) is 0 Å². The Balaban J connectivity index is 2.78. The van der Waals surface area contributed by atoms with Gasteiger partial charge in [-0.2, -0.15) is 0 Å². The Labute approximate surface area is 72.7 Å². The number of rotatable bonds is 2. The molecule has 0 aliphatic heterocycles. The number of halogens is 2. The molecule has 1 aromatic rings. The van der Waals surface area contributed by atoms with Crippen molar-refractivity contribution in [2.45, 2.75) is 17.6 Å². The molecule has 4 heteroatoms. The summed E-state index contributed by atoms with van der Waals surface area (Å²) in [5, 5.41) is 0.539. The van der Waals surface area contributed by atoms with E-state index >= 15 is 0 Å². The molecular formula is C6H7BrClNO. The zero-order chi connectivity index (χ0) is 7.56. The highest BCUT2D eigenvalue weighted by molar-refractivity contribution is 9.08. The van der Waals surface area contributed by atoms with Gasteiger partial charge in [-0.15, -0.1) is 11.6 Å². The van der Waals surface area contributed by atoms with Gasteiger partial charge in [0.2, 0.25) is 5.89 Å². The number of nitrogens with zero attached hydrogens (tertiary/aromatic N) is 1. The molecule has 1 rings (SSSR count). The highest BCUT2D eigenvalue weighted by atomic mass is 79.9. The van der Waals surface area contributed by atoms with Gasteiger partial charge in [-0.25, -0.2) is 4.98 Å². The Hall–Kier alpha value is -0.0200. The van der Waals surface area contributed by atoms with E-state index in [0.29, 0.717) is 11.2 Å². The first-order valence-corrected chi connectivity index (χ1v) is 4.44. The molecule has 0 radical (unpaired) electrons. The maximum atomic E-state index is 5.70. The first-order valence-electron chi connectivity index (χ1n) is 2.88. The van der Waals surface area contributed by atoms with Crippen molar-refractivity contribution >= 4 is 27.5 Å². The summed E-state index contributed by atoms with van der Waals surface area (Å²) in [4.78, 5) is 3.96. The van der Waals surface area contributed by atoms with Crippen molar-refractivity contribution < 1.29 is 4.42 Å². The zero-order valence-corrected chi connectivity index (χ0v) is 7.82. The topological polar surface area (TPSA) is 26.0 Å². The summed E-state index contributed by atoms with van der Waals surface area (Å²) in [6.07, 6.45) is 1.67. The van der Waals surface area contributed by atoms with E-state index in [1.807, 2.05) is 6.92 Å². The molecule has 0 N–H and O–H groups in total. The maximum Gasteiger partial charge on any atom is 0.212 e. The zero-order valence-electron chi connectivity index (χ0n) is 5.47. The van der Waals surface area contributed by atoms with Crippen LogP contribution >= 0.6 is 27.5 Å². The van der Waals surface area contributed by atoms with Crippen LogP contribution in [-0.4, -0.2) is 4.98 Å². The Morgan fingerprint density at radius 2 is 2.60 bits per heavy atom. The molecular weight excluding hydrogens is 217 g/mol. The Bertz CT molecular complexity index is 211. The fourth-order valence-electron chi connectivity index (χ4n) is 0.568. The molecule has 0 aliphatic rings. The molecule has 0 fully saturated rings. The molecule has 2 nitrogen and oxygen atoms in total. The predicted molar refractivity (Wildman–Crippen MR) is 43.4 cm³/mol. The van der Waals surface area contributed by atoms with Crippen molar-refractivity contribution in [1.82, 2.24) is 4.98 Å². The van der Waals surface area contributed by atoms with E-state index < -0.39 is 0 Å². The molecule has 0 saturated heterocycles. The smallest absolute Gasteiger partial charge is 0.212 e. The van der Waals surface area contributed by atoms with E-state index in [-0.39, 0.29) is 5.38 Å². The van der Waals surface area contributed by atoms with E-state index in [9.17, 15) is 0 Å². The highest BCUT2D eigenvalue weighted by Gasteiger charge is 2.07. The third-order valence-corrected chi connectivity index (χ3v) is 1.78. The second kappa shape index (κ2) is 3.39. The average Bonchev–Trinajstić information content (AvgIpc) is 2.34. The number of alkyl halides is 2. The van der Waals surface area contributed by atoms with Crippen LogP contribution in [0.3, 0.4) is 0 Å². The summed E-state index contributed by atoms with van der Waals surface area (Å²) in [6, 6.07) is 0. The van der Waals surface area contributed by atoms with Crippen molar-refractivity contribution in [3.63, 3.8) is 0 Å². The molecule has 56 valence electrons. The molecule has 1 aromatic heterocycles. The fraction of sp³-hybridized carbons (Fsp3) is 0.500. The van der Waals surface area contributed by atoms with Crippen LogP contribution in [0.5, 0.6) is 0 Å². The standard InChI is InChI=1S/C6H7BrClNO/c1-4(8)6-9-3-5(2-7)10-6/h3-4H,2H2,1H3. The number of aromatic nitrogens is 1. The minimum atomic E-state index is -0.146. The second-order valence-electron chi connectivity index (χ2n) is 1.91. The molecule has 1 unspecified atom stereocenters. The lowest BCUT2D eigenvalue weighted by atomic mass is 10.5. The summed E-state index contributed by atoms with van der Waals surface area (Å²) < 4.78 is 5.20. The fourth-order valence-corrected chi connectivity index (χ4v) is 0.928. The third kappa shape index (κ3) is 1.73. The molecule has 0 saturated carbocycles. The lowest BCUT2D eigenvalue weighted by Gasteiger charge is -1.92. The van der Waals surface area contributed by atoms with Crippen LogP contribution in [0.1, 0.15) is 24.0 Å². The van der Waals surface area contributed by atoms with E-state index in [2.05, 4.69) is 20.9 Å². The van der Waals surface area contributed by atoms with Gasteiger partial charge in [-0.3, -0.25) is 0 Å². The first kappa shape index (κ1) is 8.08. The lowest BCUT2D eigenvalue weighted by molar-refractivity contribution is 0.470. The third-order valence-electron chi connectivity index (χ3n) is 1.04. The van der Waals surface area contributed by atoms with Gasteiger partial charge in [0.25, 0.3) is 0 Å². The van der Waals surface area contributed by atoms with E-state index in [0.717, 1.165) is 5.76 Å². The quantitative estimate of drug-likeness (QED) is 0.722. The van der Waals surface area contributed by atoms with Crippen molar-refractivity contribution in [3.8, 4) is 0 Å². The lowest BCUT2D eigenvalue weighted by Crippen LogP contribution is -1.80. The molecule has 1 atom stereocenters. The Morgan fingerprint density at radius 3 is 2.90 bits per heavy atom. The highest BCUT2D eigenvalue weighted by Crippen LogP contribution is 2.19. The van der Waals surface area contributed by atoms with Gasteiger partial charge in [0.15, 0.2) is 0 Å². The molecule has 0 amide bonds. The summed E-state index contributed by atoms with van der Waals surface area (Å²) in [5.41, 5.74) is 0. The van der Waals surface area contributed by atoms with Crippen molar-refractivity contribution in [2.75, 3.05) is 0 Å². The van der Waals surface area contributed by atoms with Gasteiger partial charge in [-0.1, -0.05) is 15.9 Å². The minimum Gasteiger partial charge on any atom is -0.443 e. The second-order valence-corrected chi connectivity index (χ2v) is 3.13. The molecule has 1 heterocycles. The average molecular weight is 224 g/mol. The summed E-state index contributed by atoms with van der Waals surface area (Å²) in [6.45, 7) is 1.82. The van der Waals surface area contributed by atoms with Crippen LogP contribution in [0.25, 0.3) is 0 Å². The van der Waals surface area contributed by atoms with Gasteiger partial charge in [0.1, 0.15) is 11.1 Å². The monoisotopic (exact) mass is 223 g/mol. The van der Waals surface area contributed by atoms with Gasteiger partial charge < -0.3 is 4.42 Å². The largest absolute Gasteiger partial charge is 0.443 e. The van der Waals surface area contributed by atoms with Crippen LogP contribution in [0, 0.1) is 0 Å². The molecule has 0 aromatic carbocycles. The summed E-state index contributed by atoms with van der Waals surface area (Å²) in [7, 11) is 0. The minimum absolute atomic E-state index is 0.146. The number of hydrogen-bond donors (Lipinski definition) is 0. The number of oxazole rings is 1. The van der Waals surface area contributed by atoms with Gasteiger partial charge >= 0.3 is 0 Å². The SMILES string of the molecule is CC(Cl)c1ncc(CBr)o1. The Morgan fingerprint density at radius 1 is 1.90 bits per heavy atom. The Kier molecular flexibility index (Phi) is 2.74. The van der Waals surface area contributed by atoms with Gasteiger partial charge in [-0.05, 0) is 6.92 Å². The van der Waals surface area contributed by atoms with E-state index in [1.165, 1.54) is 0 Å². The molecule has 0 aliphatic carbocycles. The van der Waals surface area contributed by atoms with E-state index in [4.69, 9.17) is 16.0 Å². The number of hydrogen-bond acceptors (Lipinski definition) is 2. The molecule has 0 bridgehead atoms. The van der Waals surface area contributed by atoms with Gasteiger partial charge in [0.05, 0.1) is 11.5 Å². The summed E-state index contributed by atoms with van der Waals surface area (Å²) >= 11 is 8.94. The maximum absolute atomic E-state index is 5.70. The molecule has 0 spiro atoms. The van der Waals surface area contributed by atoms with Crippen LogP contribution in [0.2, 0.25) is 0 Å². The van der Waals surface area contributed by atoms with E-state index in [1.54, 1.807) is 6.20 Å².